The predicted octanol–water partition coefficient (Wildman–Crippen LogP) is 2.93. The van der Waals surface area contributed by atoms with Crippen LogP contribution in [0.1, 0.15) is 15.9 Å². The standard InChI is InChI=1S/C22H24N2O3/c25-22(19-8-9-20-21(17-19)27-16-15-26-20)24-13-11-23(12-14-24)10-4-7-18-5-2-1-3-6-18/h1-9,17H,10-16H2. The van der Waals surface area contributed by atoms with E-state index in [9.17, 15) is 4.79 Å². The molecule has 1 saturated heterocycles. The zero-order valence-corrected chi connectivity index (χ0v) is 15.3. The number of amides is 1. The summed E-state index contributed by atoms with van der Waals surface area (Å²) in [7, 11) is 0. The van der Waals surface area contributed by atoms with E-state index < -0.39 is 0 Å². The second-order valence-electron chi connectivity index (χ2n) is 6.76. The van der Waals surface area contributed by atoms with Crippen LogP contribution in [0.25, 0.3) is 6.08 Å². The Balaban J connectivity index is 1.30. The van der Waals surface area contributed by atoms with Gasteiger partial charge in [-0.25, -0.2) is 0 Å². The molecule has 0 radical (unpaired) electrons. The third-order valence-corrected chi connectivity index (χ3v) is 4.92. The number of carbonyl (C=O) groups excluding carboxylic acids is 1. The van der Waals surface area contributed by atoms with Crippen molar-refractivity contribution in [2.75, 3.05) is 45.9 Å². The smallest absolute Gasteiger partial charge is 0.254 e. The highest BCUT2D eigenvalue weighted by Crippen LogP contribution is 2.31. The summed E-state index contributed by atoms with van der Waals surface area (Å²) in [5.74, 6) is 1.44. The van der Waals surface area contributed by atoms with Gasteiger partial charge in [-0.15, -0.1) is 0 Å². The van der Waals surface area contributed by atoms with Gasteiger partial charge in [0.1, 0.15) is 13.2 Å². The van der Waals surface area contributed by atoms with Crippen molar-refractivity contribution in [3.8, 4) is 11.5 Å². The highest BCUT2D eigenvalue weighted by atomic mass is 16.6. The number of carbonyl (C=O) groups is 1. The number of piperazine rings is 1. The van der Waals surface area contributed by atoms with Crippen molar-refractivity contribution in [2.24, 2.45) is 0 Å². The van der Waals surface area contributed by atoms with Gasteiger partial charge in [0.05, 0.1) is 0 Å². The normalized spacial score (nSPS) is 17.3. The molecule has 0 unspecified atom stereocenters. The molecular weight excluding hydrogens is 340 g/mol. The molecule has 1 fully saturated rings. The first kappa shape index (κ1) is 17.6. The highest BCUT2D eigenvalue weighted by molar-refractivity contribution is 5.95. The lowest BCUT2D eigenvalue weighted by atomic mass is 10.1. The molecule has 0 spiro atoms. The summed E-state index contributed by atoms with van der Waals surface area (Å²) in [5.41, 5.74) is 1.88. The Morgan fingerprint density at radius 1 is 0.926 bits per heavy atom. The fourth-order valence-corrected chi connectivity index (χ4v) is 3.39. The van der Waals surface area contributed by atoms with E-state index in [4.69, 9.17) is 9.47 Å². The fourth-order valence-electron chi connectivity index (χ4n) is 3.39. The first-order valence-electron chi connectivity index (χ1n) is 9.42. The molecule has 2 aromatic carbocycles. The van der Waals surface area contributed by atoms with Crippen molar-refractivity contribution in [1.29, 1.82) is 0 Å². The number of ether oxygens (including phenoxy) is 2. The molecule has 27 heavy (non-hydrogen) atoms. The first-order chi connectivity index (χ1) is 13.3. The van der Waals surface area contributed by atoms with Crippen LogP contribution < -0.4 is 9.47 Å². The van der Waals surface area contributed by atoms with E-state index in [-0.39, 0.29) is 5.91 Å². The van der Waals surface area contributed by atoms with Gasteiger partial charge in [0.2, 0.25) is 0 Å². The molecule has 2 aliphatic rings. The summed E-state index contributed by atoms with van der Waals surface area (Å²) in [6.07, 6.45) is 4.33. The molecule has 0 aliphatic carbocycles. The van der Waals surface area contributed by atoms with E-state index in [1.54, 1.807) is 6.07 Å². The number of hydrogen-bond donors (Lipinski definition) is 0. The van der Waals surface area contributed by atoms with Crippen LogP contribution in [0.15, 0.2) is 54.6 Å². The van der Waals surface area contributed by atoms with Crippen LogP contribution in [0.5, 0.6) is 11.5 Å². The Hall–Kier alpha value is -2.79. The van der Waals surface area contributed by atoms with E-state index in [2.05, 4.69) is 29.2 Å². The maximum Gasteiger partial charge on any atom is 0.254 e. The van der Waals surface area contributed by atoms with Crippen molar-refractivity contribution in [1.82, 2.24) is 9.80 Å². The lowest BCUT2D eigenvalue weighted by molar-refractivity contribution is 0.0649. The molecule has 2 aliphatic heterocycles. The summed E-state index contributed by atoms with van der Waals surface area (Å²) >= 11 is 0. The van der Waals surface area contributed by atoms with Crippen LogP contribution in [-0.4, -0.2) is 61.6 Å². The van der Waals surface area contributed by atoms with Crippen LogP contribution >= 0.6 is 0 Å². The third kappa shape index (κ3) is 4.31. The average Bonchev–Trinajstić information content (AvgIpc) is 2.74. The molecule has 0 saturated carbocycles. The van der Waals surface area contributed by atoms with E-state index in [1.807, 2.05) is 35.2 Å². The summed E-state index contributed by atoms with van der Waals surface area (Å²) in [6.45, 7) is 5.24. The Labute approximate surface area is 159 Å². The minimum Gasteiger partial charge on any atom is -0.486 e. The zero-order valence-electron chi connectivity index (χ0n) is 15.3. The molecule has 2 heterocycles. The summed E-state index contributed by atoms with van der Waals surface area (Å²) in [6, 6.07) is 15.8. The van der Waals surface area contributed by atoms with Crippen LogP contribution in [0.2, 0.25) is 0 Å². The molecule has 2 aromatic rings. The van der Waals surface area contributed by atoms with E-state index >= 15 is 0 Å². The van der Waals surface area contributed by atoms with Crippen molar-refractivity contribution >= 4 is 12.0 Å². The highest BCUT2D eigenvalue weighted by Gasteiger charge is 2.23. The Morgan fingerprint density at radius 3 is 2.44 bits per heavy atom. The van der Waals surface area contributed by atoms with E-state index in [1.165, 1.54) is 5.56 Å². The number of hydrogen-bond acceptors (Lipinski definition) is 4. The van der Waals surface area contributed by atoms with Gasteiger partial charge in [0.25, 0.3) is 5.91 Å². The third-order valence-electron chi connectivity index (χ3n) is 4.92. The minimum absolute atomic E-state index is 0.0615. The van der Waals surface area contributed by atoms with Crippen molar-refractivity contribution in [3.63, 3.8) is 0 Å². The van der Waals surface area contributed by atoms with Crippen LogP contribution in [0.3, 0.4) is 0 Å². The lowest BCUT2D eigenvalue weighted by Crippen LogP contribution is -2.48. The second kappa shape index (κ2) is 8.27. The molecule has 140 valence electrons. The Morgan fingerprint density at radius 2 is 1.67 bits per heavy atom. The number of nitrogens with zero attached hydrogens (tertiary/aromatic N) is 2. The summed E-state index contributed by atoms with van der Waals surface area (Å²) in [5, 5.41) is 0. The molecule has 4 rings (SSSR count). The summed E-state index contributed by atoms with van der Waals surface area (Å²) in [4.78, 5) is 17.1. The maximum atomic E-state index is 12.8. The first-order valence-corrected chi connectivity index (χ1v) is 9.42. The second-order valence-corrected chi connectivity index (χ2v) is 6.76. The number of rotatable bonds is 4. The van der Waals surface area contributed by atoms with E-state index in [0.717, 1.165) is 32.7 Å². The molecule has 5 nitrogen and oxygen atoms in total. The molecule has 0 N–H and O–H groups in total. The maximum absolute atomic E-state index is 12.8. The van der Waals surface area contributed by atoms with E-state index in [0.29, 0.717) is 30.3 Å². The number of benzene rings is 2. The topological polar surface area (TPSA) is 42.0 Å². The quantitative estimate of drug-likeness (QED) is 0.837. The Kier molecular flexibility index (Phi) is 5.39. The number of fused-ring (bicyclic) bond motifs is 1. The van der Waals surface area contributed by atoms with Crippen LogP contribution in [0, 0.1) is 0 Å². The van der Waals surface area contributed by atoms with Gasteiger partial charge in [0, 0.05) is 38.3 Å². The van der Waals surface area contributed by atoms with Crippen LogP contribution in [-0.2, 0) is 0 Å². The van der Waals surface area contributed by atoms with Gasteiger partial charge in [-0.1, -0.05) is 42.5 Å². The minimum atomic E-state index is 0.0615. The average molecular weight is 364 g/mol. The van der Waals surface area contributed by atoms with Gasteiger partial charge >= 0.3 is 0 Å². The van der Waals surface area contributed by atoms with Crippen molar-refractivity contribution in [2.45, 2.75) is 0 Å². The van der Waals surface area contributed by atoms with Gasteiger partial charge in [-0.3, -0.25) is 9.69 Å². The zero-order chi connectivity index (χ0) is 18.5. The predicted molar refractivity (Wildman–Crippen MR) is 105 cm³/mol. The molecule has 5 heteroatoms. The molecule has 1 amide bonds. The molecular formula is C22H24N2O3. The molecule has 0 aromatic heterocycles. The largest absolute Gasteiger partial charge is 0.486 e. The fraction of sp³-hybridized carbons (Fsp3) is 0.318. The van der Waals surface area contributed by atoms with Gasteiger partial charge in [-0.2, -0.15) is 0 Å². The SMILES string of the molecule is O=C(c1ccc2c(c1)OCCO2)N1CCN(CC=Cc2ccccc2)CC1. The molecule has 0 atom stereocenters. The van der Waals surface area contributed by atoms with Gasteiger partial charge in [-0.05, 0) is 23.8 Å². The summed E-state index contributed by atoms with van der Waals surface area (Å²) < 4.78 is 11.1. The van der Waals surface area contributed by atoms with Gasteiger partial charge < -0.3 is 14.4 Å². The van der Waals surface area contributed by atoms with Crippen LogP contribution in [0.4, 0.5) is 0 Å². The lowest BCUT2D eigenvalue weighted by Gasteiger charge is -2.34. The van der Waals surface area contributed by atoms with Gasteiger partial charge in [0.15, 0.2) is 11.5 Å². The Bertz CT molecular complexity index is 812. The molecule has 0 bridgehead atoms. The monoisotopic (exact) mass is 364 g/mol. The van der Waals surface area contributed by atoms with Crippen molar-refractivity contribution < 1.29 is 14.3 Å². The van der Waals surface area contributed by atoms with Crippen molar-refractivity contribution in [3.05, 3.63) is 65.7 Å².